The summed E-state index contributed by atoms with van der Waals surface area (Å²) in [6, 6.07) is 8.02. The van der Waals surface area contributed by atoms with Crippen molar-refractivity contribution in [1.82, 2.24) is 25.2 Å². The summed E-state index contributed by atoms with van der Waals surface area (Å²) in [5.74, 6) is -9.44. The van der Waals surface area contributed by atoms with Crippen LogP contribution in [0.1, 0.15) is 23.2 Å². The van der Waals surface area contributed by atoms with Crippen molar-refractivity contribution in [3.63, 3.8) is 0 Å². The van der Waals surface area contributed by atoms with Crippen LogP contribution in [0.4, 0.5) is 26.3 Å². The number of rotatable bonds is 9. The number of alkyl halides is 5. The number of hydrogen-bond donors (Lipinski definition) is 1. The fraction of sp³-hybridized carbons (Fsp3) is 0.292. The molecule has 3 aromatic rings. The van der Waals surface area contributed by atoms with Gasteiger partial charge in [-0.25, -0.2) is 13.5 Å². The van der Waals surface area contributed by atoms with Crippen molar-refractivity contribution in [3.05, 3.63) is 89.3 Å². The lowest BCUT2D eigenvalue weighted by Crippen LogP contribution is -2.52. The van der Waals surface area contributed by atoms with Crippen LogP contribution in [0.25, 0.3) is 0 Å². The third-order valence-corrected chi connectivity index (χ3v) is 5.79. The first kappa shape index (κ1) is 26.8. The van der Waals surface area contributed by atoms with Gasteiger partial charge in [-0.3, -0.25) is 4.98 Å². The highest BCUT2D eigenvalue weighted by Crippen LogP contribution is 2.47. The second-order valence-electron chi connectivity index (χ2n) is 8.39. The lowest BCUT2D eigenvalue weighted by atomic mass is 9.81. The Kier molecular flexibility index (Phi) is 7.23. The van der Waals surface area contributed by atoms with Crippen molar-refractivity contribution in [1.29, 1.82) is 5.26 Å². The van der Waals surface area contributed by atoms with E-state index in [2.05, 4.69) is 20.5 Å². The molecule has 2 aromatic heterocycles. The summed E-state index contributed by atoms with van der Waals surface area (Å²) in [7, 11) is 0. The van der Waals surface area contributed by atoms with Crippen molar-refractivity contribution >= 4 is 0 Å². The number of hydrogen-bond acceptors (Lipinski definition) is 7. The van der Waals surface area contributed by atoms with E-state index in [0.29, 0.717) is 6.08 Å². The molecule has 38 heavy (non-hydrogen) atoms. The lowest BCUT2D eigenvalue weighted by molar-refractivity contribution is -0.178. The molecule has 0 radical (unpaired) electrons. The van der Waals surface area contributed by atoms with E-state index in [1.54, 1.807) is 0 Å². The van der Waals surface area contributed by atoms with E-state index in [0.717, 1.165) is 47.5 Å². The summed E-state index contributed by atoms with van der Waals surface area (Å²) in [5.41, 5.74) is -5.46. The molecule has 1 N–H and O–H groups in total. The van der Waals surface area contributed by atoms with Gasteiger partial charge in [0.1, 0.15) is 29.8 Å². The van der Waals surface area contributed by atoms with E-state index in [4.69, 9.17) is 10.00 Å². The van der Waals surface area contributed by atoms with Gasteiger partial charge >= 0.3 is 11.8 Å². The Hall–Kier alpha value is -4.25. The van der Waals surface area contributed by atoms with Crippen molar-refractivity contribution < 1.29 is 36.2 Å². The monoisotopic (exact) mass is 536 g/mol. The molecule has 0 fully saturated rings. The number of nitriles is 1. The second kappa shape index (κ2) is 10.3. The average Bonchev–Trinajstić information content (AvgIpc) is 3.40. The van der Waals surface area contributed by atoms with E-state index >= 15 is 8.78 Å². The van der Waals surface area contributed by atoms with Gasteiger partial charge in [-0.1, -0.05) is 18.2 Å². The molecular formula is C24H18F6N6O2. The SMILES string of the molecule is N#Cc1ccc(C(F)(F)COc2ccc(C(F)(F)C(O)(Cn3cnnn3)C3=CCC(F)C=C3F)nc2)cc1. The first-order valence-corrected chi connectivity index (χ1v) is 11.0. The summed E-state index contributed by atoms with van der Waals surface area (Å²) < 4.78 is 94.4. The van der Waals surface area contributed by atoms with Crippen LogP contribution < -0.4 is 4.74 Å². The first-order valence-electron chi connectivity index (χ1n) is 11.0. The summed E-state index contributed by atoms with van der Waals surface area (Å²) in [6.45, 7) is -2.18. The molecule has 8 nitrogen and oxygen atoms in total. The minimum absolute atomic E-state index is 0.190. The highest BCUT2D eigenvalue weighted by Gasteiger charge is 2.59. The van der Waals surface area contributed by atoms with Crippen LogP contribution in [0.3, 0.4) is 0 Å². The Morgan fingerprint density at radius 2 is 1.87 bits per heavy atom. The summed E-state index contributed by atoms with van der Waals surface area (Å²) in [4.78, 5) is 3.56. The predicted octanol–water partition coefficient (Wildman–Crippen LogP) is 4.16. The molecule has 0 saturated heterocycles. The Bertz CT molecular complexity index is 1370. The molecule has 2 atom stereocenters. The number of halogens is 6. The average molecular weight is 536 g/mol. The van der Waals surface area contributed by atoms with Gasteiger partial charge in [0.2, 0.25) is 0 Å². The zero-order chi connectivity index (χ0) is 27.6. The smallest absolute Gasteiger partial charge is 0.323 e. The molecule has 0 spiro atoms. The number of pyridine rings is 1. The van der Waals surface area contributed by atoms with Crippen LogP contribution in [0.5, 0.6) is 5.75 Å². The molecule has 0 saturated carbocycles. The van der Waals surface area contributed by atoms with Crippen LogP contribution in [-0.4, -0.2) is 48.7 Å². The van der Waals surface area contributed by atoms with Crippen molar-refractivity contribution in [2.45, 2.75) is 36.6 Å². The highest BCUT2D eigenvalue weighted by molar-refractivity contribution is 5.42. The van der Waals surface area contributed by atoms with Gasteiger partial charge in [0, 0.05) is 17.6 Å². The number of nitrogens with zero attached hydrogens (tertiary/aromatic N) is 6. The number of aliphatic hydroxyl groups is 1. The van der Waals surface area contributed by atoms with Crippen LogP contribution in [0.15, 0.2) is 72.5 Å². The minimum Gasteiger partial charge on any atom is -0.485 e. The summed E-state index contributed by atoms with van der Waals surface area (Å²) in [6.07, 6.45) is 0.734. The van der Waals surface area contributed by atoms with Gasteiger partial charge in [0.05, 0.1) is 24.4 Å². The fourth-order valence-electron chi connectivity index (χ4n) is 3.76. The van der Waals surface area contributed by atoms with E-state index in [1.807, 2.05) is 6.07 Å². The van der Waals surface area contributed by atoms with Crippen LogP contribution in [-0.2, 0) is 18.4 Å². The summed E-state index contributed by atoms with van der Waals surface area (Å²) in [5, 5.41) is 30.0. The Morgan fingerprint density at radius 1 is 1.13 bits per heavy atom. The molecule has 2 heterocycles. The maximum Gasteiger partial charge on any atom is 0.323 e. The predicted molar refractivity (Wildman–Crippen MR) is 118 cm³/mol. The van der Waals surface area contributed by atoms with E-state index in [9.17, 15) is 22.7 Å². The zero-order valence-corrected chi connectivity index (χ0v) is 19.3. The molecule has 0 aliphatic heterocycles. The third-order valence-electron chi connectivity index (χ3n) is 5.79. The standard InChI is InChI=1S/C24H18F6N6O2/c25-17-5-7-19(20(26)9-17)22(37,12-36-14-33-34-35-36)24(29,30)21-8-6-18(11-32-21)38-13-23(27,28)16-3-1-15(10-31)2-4-16/h1-4,6-9,11,14,17,37H,5,12-13H2. The van der Waals surface area contributed by atoms with Crippen molar-refractivity contribution in [2.24, 2.45) is 0 Å². The molecule has 1 aliphatic rings. The third kappa shape index (κ3) is 5.23. The Balaban J connectivity index is 1.57. The molecule has 198 valence electrons. The van der Waals surface area contributed by atoms with Gasteiger partial charge in [-0.15, -0.1) is 5.10 Å². The van der Waals surface area contributed by atoms with Gasteiger partial charge in [0.15, 0.2) is 12.2 Å². The molecule has 1 aromatic carbocycles. The largest absolute Gasteiger partial charge is 0.485 e. The number of tetrazole rings is 1. The molecule has 14 heteroatoms. The molecule has 0 bridgehead atoms. The molecule has 2 unspecified atom stereocenters. The van der Waals surface area contributed by atoms with Crippen molar-refractivity contribution in [3.8, 4) is 11.8 Å². The number of allylic oxidation sites excluding steroid dienone is 2. The van der Waals surface area contributed by atoms with Gasteiger partial charge < -0.3 is 9.84 Å². The maximum absolute atomic E-state index is 15.7. The van der Waals surface area contributed by atoms with Crippen LogP contribution in [0, 0.1) is 11.3 Å². The Morgan fingerprint density at radius 3 is 2.45 bits per heavy atom. The van der Waals surface area contributed by atoms with Crippen molar-refractivity contribution in [2.75, 3.05) is 6.61 Å². The number of benzene rings is 1. The maximum atomic E-state index is 15.7. The summed E-state index contributed by atoms with van der Waals surface area (Å²) >= 11 is 0. The lowest BCUT2D eigenvalue weighted by Gasteiger charge is -2.37. The minimum atomic E-state index is -4.29. The van der Waals surface area contributed by atoms with E-state index in [1.165, 1.54) is 12.1 Å². The molecule has 1 aliphatic carbocycles. The van der Waals surface area contributed by atoms with Gasteiger partial charge in [0.25, 0.3) is 0 Å². The van der Waals surface area contributed by atoms with Gasteiger partial charge in [-0.05, 0) is 40.8 Å². The zero-order valence-electron chi connectivity index (χ0n) is 19.3. The second-order valence-corrected chi connectivity index (χ2v) is 8.39. The van der Waals surface area contributed by atoms with Crippen LogP contribution in [0.2, 0.25) is 0 Å². The highest BCUT2D eigenvalue weighted by atomic mass is 19.3. The van der Waals surface area contributed by atoms with Crippen LogP contribution >= 0.6 is 0 Å². The van der Waals surface area contributed by atoms with E-state index in [-0.39, 0.29) is 11.3 Å². The number of ether oxygens (including phenoxy) is 1. The molecule has 4 rings (SSSR count). The number of aromatic nitrogens is 5. The topological polar surface area (TPSA) is 110 Å². The fourth-order valence-corrected chi connectivity index (χ4v) is 3.76. The molecule has 0 amide bonds. The first-order chi connectivity index (χ1) is 18.0. The normalized spacial score (nSPS) is 17.7. The van der Waals surface area contributed by atoms with E-state index < -0.39 is 65.8 Å². The molecular weight excluding hydrogens is 518 g/mol. The quantitative estimate of drug-likeness (QED) is 0.409. The van der Waals surface area contributed by atoms with Gasteiger partial charge in [-0.2, -0.15) is 22.8 Å². The Labute approximate surface area is 211 Å².